The quantitative estimate of drug-likeness (QED) is 0.850. The fourth-order valence-electron chi connectivity index (χ4n) is 1.96. The summed E-state index contributed by atoms with van der Waals surface area (Å²) < 4.78 is 16.6. The highest BCUT2D eigenvalue weighted by atomic mass is 16.5. The van der Waals surface area contributed by atoms with Crippen LogP contribution in [0.25, 0.3) is 0 Å². The topological polar surface area (TPSA) is 47.9 Å². The molecule has 4 nitrogen and oxygen atoms in total. The first-order valence-corrected chi connectivity index (χ1v) is 6.89. The number of hydrogen-bond donors (Lipinski definition) is 1. The van der Waals surface area contributed by atoms with E-state index in [1.807, 2.05) is 43.3 Å². The summed E-state index contributed by atoms with van der Waals surface area (Å²) in [7, 11) is 1.64. The van der Waals surface area contributed by atoms with Gasteiger partial charge in [-0.15, -0.1) is 0 Å². The Morgan fingerprint density at radius 2 is 1.81 bits per heavy atom. The van der Waals surface area contributed by atoms with Crippen LogP contribution >= 0.6 is 0 Å². The average molecular weight is 288 g/mol. The van der Waals surface area contributed by atoms with Gasteiger partial charge in [0.1, 0.15) is 12.4 Å². The van der Waals surface area contributed by atoms with Gasteiger partial charge in [-0.1, -0.05) is 18.2 Å². The molecule has 0 spiro atoms. The number of ether oxygens (including phenoxy) is 3. The van der Waals surface area contributed by atoms with E-state index in [2.05, 4.69) is 0 Å². The van der Waals surface area contributed by atoms with E-state index in [0.29, 0.717) is 24.7 Å². The summed E-state index contributed by atoms with van der Waals surface area (Å²) in [6, 6.07) is 13.2. The molecule has 4 heteroatoms. The Morgan fingerprint density at radius 3 is 2.52 bits per heavy atom. The van der Waals surface area contributed by atoms with E-state index in [0.717, 1.165) is 16.9 Å². The highest BCUT2D eigenvalue weighted by molar-refractivity contribution is 5.43. The van der Waals surface area contributed by atoms with Crippen LogP contribution in [0.15, 0.2) is 42.5 Å². The Labute approximate surface area is 124 Å². The SMILES string of the molecule is CCOc1cc(CO)ccc1OCc1cccc(OC)c1. The first kappa shape index (κ1) is 15.2. The van der Waals surface area contributed by atoms with Crippen molar-refractivity contribution in [1.29, 1.82) is 0 Å². The van der Waals surface area contributed by atoms with Crippen LogP contribution in [-0.4, -0.2) is 18.8 Å². The predicted octanol–water partition coefficient (Wildman–Crippen LogP) is 3.17. The molecule has 2 aromatic carbocycles. The zero-order valence-corrected chi connectivity index (χ0v) is 12.3. The third-order valence-corrected chi connectivity index (χ3v) is 3.02. The molecule has 2 aromatic rings. The number of rotatable bonds is 7. The zero-order valence-electron chi connectivity index (χ0n) is 12.3. The van der Waals surface area contributed by atoms with Crippen molar-refractivity contribution in [2.24, 2.45) is 0 Å². The highest BCUT2D eigenvalue weighted by Crippen LogP contribution is 2.29. The summed E-state index contributed by atoms with van der Waals surface area (Å²) in [5.41, 5.74) is 1.82. The molecule has 0 heterocycles. The number of benzene rings is 2. The van der Waals surface area contributed by atoms with Crippen LogP contribution in [0.4, 0.5) is 0 Å². The van der Waals surface area contributed by atoms with Crippen molar-refractivity contribution in [1.82, 2.24) is 0 Å². The van der Waals surface area contributed by atoms with Gasteiger partial charge in [-0.25, -0.2) is 0 Å². The molecule has 0 bridgehead atoms. The molecule has 0 amide bonds. The molecule has 0 atom stereocenters. The van der Waals surface area contributed by atoms with Crippen LogP contribution in [0, 0.1) is 0 Å². The number of hydrogen-bond acceptors (Lipinski definition) is 4. The van der Waals surface area contributed by atoms with Gasteiger partial charge in [0.2, 0.25) is 0 Å². The van der Waals surface area contributed by atoms with Crippen molar-refractivity contribution in [2.45, 2.75) is 20.1 Å². The van der Waals surface area contributed by atoms with E-state index < -0.39 is 0 Å². The fourth-order valence-corrected chi connectivity index (χ4v) is 1.96. The van der Waals surface area contributed by atoms with E-state index in [4.69, 9.17) is 14.2 Å². The molecule has 0 saturated heterocycles. The molecular weight excluding hydrogens is 268 g/mol. The Hall–Kier alpha value is -2.20. The summed E-state index contributed by atoms with van der Waals surface area (Å²) in [6.45, 7) is 2.87. The molecule has 112 valence electrons. The fraction of sp³-hybridized carbons (Fsp3) is 0.294. The number of methoxy groups -OCH3 is 1. The van der Waals surface area contributed by atoms with Gasteiger partial charge >= 0.3 is 0 Å². The molecule has 0 unspecified atom stereocenters. The minimum absolute atomic E-state index is 0.0176. The molecule has 1 N–H and O–H groups in total. The highest BCUT2D eigenvalue weighted by Gasteiger charge is 2.07. The first-order valence-electron chi connectivity index (χ1n) is 6.89. The summed E-state index contributed by atoms with van der Waals surface area (Å²) in [5, 5.41) is 9.18. The molecule has 0 radical (unpaired) electrons. The van der Waals surface area contributed by atoms with Gasteiger partial charge in [0.25, 0.3) is 0 Å². The smallest absolute Gasteiger partial charge is 0.161 e. The molecule has 0 saturated carbocycles. The number of aliphatic hydroxyl groups is 1. The maximum atomic E-state index is 9.18. The lowest BCUT2D eigenvalue weighted by Gasteiger charge is -2.13. The summed E-state index contributed by atoms with van der Waals surface area (Å²) in [5.74, 6) is 2.11. The van der Waals surface area contributed by atoms with Gasteiger partial charge in [-0.3, -0.25) is 0 Å². The molecule has 0 fully saturated rings. The zero-order chi connectivity index (χ0) is 15.1. The second-order valence-electron chi connectivity index (χ2n) is 4.51. The monoisotopic (exact) mass is 288 g/mol. The van der Waals surface area contributed by atoms with Gasteiger partial charge in [0, 0.05) is 0 Å². The van der Waals surface area contributed by atoms with E-state index in [1.165, 1.54) is 0 Å². The van der Waals surface area contributed by atoms with Crippen molar-refractivity contribution in [3.63, 3.8) is 0 Å². The lowest BCUT2D eigenvalue weighted by molar-refractivity contribution is 0.263. The Bertz CT molecular complexity index is 581. The van der Waals surface area contributed by atoms with Crippen LogP contribution in [-0.2, 0) is 13.2 Å². The molecule has 2 rings (SSSR count). The van der Waals surface area contributed by atoms with E-state index >= 15 is 0 Å². The van der Waals surface area contributed by atoms with Gasteiger partial charge in [-0.05, 0) is 42.3 Å². The van der Waals surface area contributed by atoms with Gasteiger partial charge in [0.05, 0.1) is 20.3 Å². The van der Waals surface area contributed by atoms with E-state index in [9.17, 15) is 5.11 Å². The van der Waals surface area contributed by atoms with Crippen molar-refractivity contribution in [3.05, 3.63) is 53.6 Å². The first-order chi connectivity index (χ1) is 10.3. The summed E-state index contributed by atoms with van der Waals surface area (Å²) in [4.78, 5) is 0. The third kappa shape index (κ3) is 4.13. The van der Waals surface area contributed by atoms with Crippen molar-refractivity contribution in [2.75, 3.05) is 13.7 Å². The van der Waals surface area contributed by atoms with Gasteiger partial charge in [0.15, 0.2) is 11.5 Å². The maximum Gasteiger partial charge on any atom is 0.161 e. The van der Waals surface area contributed by atoms with Gasteiger partial charge < -0.3 is 19.3 Å². The van der Waals surface area contributed by atoms with E-state index in [-0.39, 0.29) is 6.61 Å². The van der Waals surface area contributed by atoms with Crippen LogP contribution < -0.4 is 14.2 Å². The van der Waals surface area contributed by atoms with Crippen molar-refractivity contribution in [3.8, 4) is 17.2 Å². The van der Waals surface area contributed by atoms with Crippen LogP contribution in [0.3, 0.4) is 0 Å². The van der Waals surface area contributed by atoms with E-state index in [1.54, 1.807) is 13.2 Å². The lowest BCUT2D eigenvalue weighted by atomic mass is 10.2. The molecule has 0 aliphatic rings. The van der Waals surface area contributed by atoms with Crippen molar-refractivity contribution >= 4 is 0 Å². The molecule has 0 aliphatic heterocycles. The maximum absolute atomic E-state index is 9.18. The molecule has 21 heavy (non-hydrogen) atoms. The van der Waals surface area contributed by atoms with Crippen LogP contribution in [0.2, 0.25) is 0 Å². The van der Waals surface area contributed by atoms with Crippen molar-refractivity contribution < 1.29 is 19.3 Å². The second kappa shape index (κ2) is 7.55. The lowest BCUT2D eigenvalue weighted by Crippen LogP contribution is -2.00. The third-order valence-electron chi connectivity index (χ3n) is 3.02. The average Bonchev–Trinajstić information content (AvgIpc) is 2.54. The van der Waals surface area contributed by atoms with Crippen LogP contribution in [0.1, 0.15) is 18.1 Å². The summed E-state index contributed by atoms with van der Waals surface area (Å²) >= 11 is 0. The second-order valence-corrected chi connectivity index (χ2v) is 4.51. The Morgan fingerprint density at radius 1 is 0.952 bits per heavy atom. The Balaban J connectivity index is 2.11. The van der Waals surface area contributed by atoms with Crippen LogP contribution in [0.5, 0.6) is 17.2 Å². The minimum atomic E-state index is -0.0176. The van der Waals surface area contributed by atoms with Gasteiger partial charge in [-0.2, -0.15) is 0 Å². The largest absolute Gasteiger partial charge is 0.497 e. The standard InChI is InChI=1S/C17H20O4/c1-3-20-17-10-13(11-18)7-8-16(17)21-12-14-5-4-6-15(9-14)19-2/h4-10,18H,3,11-12H2,1-2H3. The summed E-state index contributed by atoms with van der Waals surface area (Å²) in [6.07, 6.45) is 0. The Kier molecular flexibility index (Phi) is 5.46. The molecular formula is C17H20O4. The predicted molar refractivity (Wildman–Crippen MR) is 80.9 cm³/mol. The number of aliphatic hydroxyl groups excluding tert-OH is 1. The molecule has 0 aromatic heterocycles. The molecule has 0 aliphatic carbocycles. The minimum Gasteiger partial charge on any atom is -0.497 e. The normalized spacial score (nSPS) is 10.2.